The molecule has 0 aromatic heterocycles. The molecule has 2 aliphatic rings. The van der Waals surface area contributed by atoms with Crippen LogP contribution in [-0.4, -0.2) is 52.4 Å². The number of hydrogen-bond donors (Lipinski definition) is 4. The van der Waals surface area contributed by atoms with E-state index >= 15 is 0 Å². The Balaban J connectivity index is 2.09. The van der Waals surface area contributed by atoms with Gasteiger partial charge < -0.3 is 16.0 Å². The van der Waals surface area contributed by atoms with E-state index in [0.717, 1.165) is 12.8 Å². The standard InChI is InChI=1S/C16H26N4O5/c1-9(13(17)21)18-15(23)12-7-4-8-20(12)16(24)11-6-3-2-5-10(11)14(22)19-25/h9-12,25H,2-8H2,1H3,(H2,17,21)(H,18,23)(H,19,22)/t9-,10+,11-,12-/m0/s1. The number of rotatable bonds is 5. The van der Waals surface area contributed by atoms with Crippen LogP contribution in [0.4, 0.5) is 0 Å². The van der Waals surface area contributed by atoms with Gasteiger partial charge in [-0.25, -0.2) is 5.48 Å². The quantitative estimate of drug-likeness (QED) is 0.381. The van der Waals surface area contributed by atoms with Gasteiger partial charge in [-0.2, -0.15) is 0 Å². The van der Waals surface area contributed by atoms with Crippen LogP contribution in [0.5, 0.6) is 0 Å². The number of amides is 4. The van der Waals surface area contributed by atoms with Gasteiger partial charge in [0.25, 0.3) is 0 Å². The van der Waals surface area contributed by atoms with Gasteiger partial charge >= 0.3 is 0 Å². The average Bonchev–Trinajstić information content (AvgIpc) is 3.10. The molecule has 9 heteroatoms. The van der Waals surface area contributed by atoms with E-state index in [2.05, 4.69) is 5.32 Å². The van der Waals surface area contributed by atoms with Crippen molar-refractivity contribution in [3.63, 3.8) is 0 Å². The lowest BCUT2D eigenvalue weighted by Crippen LogP contribution is -2.53. The lowest BCUT2D eigenvalue weighted by Gasteiger charge is -2.34. The van der Waals surface area contributed by atoms with Crippen molar-refractivity contribution in [3.05, 3.63) is 0 Å². The molecule has 25 heavy (non-hydrogen) atoms. The molecule has 4 atom stereocenters. The van der Waals surface area contributed by atoms with E-state index in [1.54, 1.807) is 5.48 Å². The van der Waals surface area contributed by atoms with Gasteiger partial charge in [0.05, 0.1) is 5.92 Å². The molecule has 1 saturated heterocycles. The molecular formula is C16H26N4O5. The summed E-state index contributed by atoms with van der Waals surface area (Å²) in [6.07, 6.45) is 3.92. The third-order valence-electron chi connectivity index (χ3n) is 5.15. The minimum absolute atomic E-state index is 0.238. The highest BCUT2D eigenvalue weighted by molar-refractivity contribution is 5.93. The molecule has 4 amide bonds. The Kier molecular flexibility index (Phi) is 6.35. The minimum atomic E-state index is -0.812. The van der Waals surface area contributed by atoms with Crippen LogP contribution in [0.1, 0.15) is 45.4 Å². The Morgan fingerprint density at radius 2 is 1.68 bits per heavy atom. The number of hydroxylamine groups is 1. The highest BCUT2D eigenvalue weighted by atomic mass is 16.5. The maximum Gasteiger partial charge on any atom is 0.247 e. The summed E-state index contributed by atoms with van der Waals surface area (Å²) in [7, 11) is 0. The van der Waals surface area contributed by atoms with Crippen molar-refractivity contribution in [2.45, 2.75) is 57.5 Å². The molecule has 0 unspecified atom stereocenters. The Labute approximate surface area is 146 Å². The van der Waals surface area contributed by atoms with E-state index in [4.69, 9.17) is 10.9 Å². The van der Waals surface area contributed by atoms with Crippen molar-refractivity contribution in [3.8, 4) is 0 Å². The Hall–Kier alpha value is -2.16. The number of hydrogen-bond acceptors (Lipinski definition) is 5. The van der Waals surface area contributed by atoms with Crippen LogP contribution in [0.15, 0.2) is 0 Å². The SMILES string of the molecule is C[C@H](NC(=O)[C@@H]1CCCN1C(=O)[C@H]1CCCC[C@H]1C(=O)NO)C(N)=O. The van der Waals surface area contributed by atoms with E-state index < -0.39 is 41.6 Å². The summed E-state index contributed by atoms with van der Waals surface area (Å²) in [5, 5.41) is 11.4. The summed E-state index contributed by atoms with van der Waals surface area (Å²) in [6, 6.07) is -1.47. The van der Waals surface area contributed by atoms with E-state index in [0.29, 0.717) is 32.2 Å². The number of nitrogens with one attached hydrogen (secondary N) is 2. The Morgan fingerprint density at radius 3 is 2.28 bits per heavy atom. The first kappa shape index (κ1) is 19.2. The van der Waals surface area contributed by atoms with Gasteiger partial charge in [-0.05, 0) is 32.6 Å². The number of primary amides is 1. The Bertz CT molecular complexity index is 553. The van der Waals surface area contributed by atoms with Crippen LogP contribution in [0.25, 0.3) is 0 Å². The summed E-state index contributed by atoms with van der Waals surface area (Å²) in [6.45, 7) is 1.93. The fourth-order valence-corrected chi connectivity index (χ4v) is 3.72. The molecule has 1 aliphatic heterocycles. The van der Waals surface area contributed by atoms with E-state index in [1.807, 2.05) is 0 Å². The first-order valence-electron chi connectivity index (χ1n) is 8.71. The highest BCUT2D eigenvalue weighted by Crippen LogP contribution is 2.33. The zero-order chi connectivity index (χ0) is 18.6. The van der Waals surface area contributed by atoms with Crippen molar-refractivity contribution < 1.29 is 24.4 Å². The zero-order valence-corrected chi connectivity index (χ0v) is 14.4. The molecule has 0 spiro atoms. The van der Waals surface area contributed by atoms with Crippen LogP contribution >= 0.6 is 0 Å². The van der Waals surface area contributed by atoms with Gasteiger partial charge in [-0.1, -0.05) is 12.8 Å². The normalized spacial score (nSPS) is 27.4. The van der Waals surface area contributed by atoms with Gasteiger partial charge in [0, 0.05) is 12.5 Å². The van der Waals surface area contributed by atoms with Gasteiger partial charge in [0.1, 0.15) is 12.1 Å². The largest absolute Gasteiger partial charge is 0.368 e. The second kappa shape index (κ2) is 8.28. The van der Waals surface area contributed by atoms with Crippen molar-refractivity contribution in [2.24, 2.45) is 17.6 Å². The van der Waals surface area contributed by atoms with Crippen LogP contribution < -0.4 is 16.5 Å². The van der Waals surface area contributed by atoms with E-state index in [1.165, 1.54) is 11.8 Å². The molecule has 9 nitrogen and oxygen atoms in total. The van der Waals surface area contributed by atoms with Crippen molar-refractivity contribution in [1.82, 2.24) is 15.7 Å². The number of nitrogens with zero attached hydrogens (tertiary/aromatic N) is 1. The third-order valence-corrected chi connectivity index (χ3v) is 5.15. The number of carbonyl (C=O) groups excluding carboxylic acids is 4. The molecule has 1 aliphatic carbocycles. The van der Waals surface area contributed by atoms with Crippen LogP contribution in [0.2, 0.25) is 0 Å². The second-order valence-corrected chi connectivity index (χ2v) is 6.80. The molecule has 2 fully saturated rings. The molecule has 2 rings (SSSR count). The van der Waals surface area contributed by atoms with Gasteiger partial charge in [-0.3, -0.25) is 24.4 Å². The molecule has 0 bridgehead atoms. The van der Waals surface area contributed by atoms with Crippen LogP contribution in [-0.2, 0) is 19.2 Å². The van der Waals surface area contributed by atoms with E-state index in [-0.39, 0.29) is 5.91 Å². The maximum absolute atomic E-state index is 13.0. The van der Waals surface area contributed by atoms with Gasteiger partial charge in [-0.15, -0.1) is 0 Å². The predicted molar refractivity (Wildman–Crippen MR) is 86.9 cm³/mol. The maximum atomic E-state index is 13.0. The van der Waals surface area contributed by atoms with Crippen LogP contribution in [0.3, 0.4) is 0 Å². The summed E-state index contributed by atoms with van der Waals surface area (Å²) in [4.78, 5) is 49.8. The summed E-state index contributed by atoms with van der Waals surface area (Å²) >= 11 is 0. The van der Waals surface area contributed by atoms with Crippen molar-refractivity contribution in [1.29, 1.82) is 0 Å². The topological polar surface area (TPSA) is 142 Å². The van der Waals surface area contributed by atoms with Crippen LogP contribution in [0, 0.1) is 11.8 Å². The zero-order valence-electron chi connectivity index (χ0n) is 14.4. The first-order chi connectivity index (χ1) is 11.9. The Morgan fingerprint density at radius 1 is 1.04 bits per heavy atom. The second-order valence-electron chi connectivity index (χ2n) is 6.80. The number of carbonyl (C=O) groups is 4. The molecule has 140 valence electrons. The highest BCUT2D eigenvalue weighted by Gasteiger charge is 2.42. The summed E-state index contributed by atoms with van der Waals surface area (Å²) < 4.78 is 0. The van der Waals surface area contributed by atoms with Crippen molar-refractivity contribution in [2.75, 3.05) is 6.54 Å². The fraction of sp³-hybridized carbons (Fsp3) is 0.750. The first-order valence-corrected chi connectivity index (χ1v) is 8.71. The van der Waals surface area contributed by atoms with E-state index in [9.17, 15) is 19.2 Å². The lowest BCUT2D eigenvalue weighted by atomic mass is 9.78. The average molecular weight is 354 g/mol. The summed E-state index contributed by atoms with van der Waals surface area (Å²) in [5.74, 6) is -2.96. The molecule has 1 heterocycles. The molecule has 0 aromatic carbocycles. The molecule has 0 aromatic rings. The molecule has 1 saturated carbocycles. The fourth-order valence-electron chi connectivity index (χ4n) is 3.72. The van der Waals surface area contributed by atoms with Gasteiger partial charge in [0.15, 0.2) is 0 Å². The summed E-state index contributed by atoms with van der Waals surface area (Å²) in [5.41, 5.74) is 6.80. The third kappa shape index (κ3) is 4.28. The minimum Gasteiger partial charge on any atom is -0.368 e. The number of likely N-dealkylation sites (tertiary alicyclic amines) is 1. The lowest BCUT2D eigenvalue weighted by molar-refractivity contribution is -0.149. The van der Waals surface area contributed by atoms with Crippen molar-refractivity contribution >= 4 is 23.6 Å². The van der Waals surface area contributed by atoms with Gasteiger partial charge in [0.2, 0.25) is 23.6 Å². The molecule has 5 N–H and O–H groups in total. The predicted octanol–water partition coefficient (Wildman–Crippen LogP) is -0.721. The smallest absolute Gasteiger partial charge is 0.247 e. The molecule has 0 radical (unpaired) electrons. The monoisotopic (exact) mass is 354 g/mol. The molecular weight excluding hydrogens is 328 g/mol. The number of nitrogens with two attached hydrogens (primary N) is 1.